The molecule has 1 aliphatic heterocycles. The van der Waals surface area contributed by atoms with Crippen LogP contribution in [0.4, 0.5) is 0 Å². The lowest BCUT2D eigenvalue weighted by molar-refractivity contribution is -0.143. The third-order valence-electron chi connectivity index (χ3n) is 5.10. The lowest BCUT2D eigenvalue weighted by Gasteiger charge is -2.36. The van der Waals surface area contributed by atoms with E-state index in [9.17, 15) is 14.4 Å². The Bertz CT molecular complexity index is 938. The smallest absolute Gasteiger partial charge is 0.355 e. The molecule has 1 unspecified atom stereocenters. The molecule has 32 heavy (non-hydrogen) atoms. The zero-order chi connectivity index (χ0) is 23.8. The average molecular weight is 466 g/mol. The average Bonchev–Trinajstić information content (AvgIpc) is 2.80. The number of benzene rings is 1. The van der Waals surface area contributed by atoms with Crippen molar-refractivity contribution >= 4 is 29.5 Å². The van der Waals surface area contributed by atoms with Gasteiger partial charge in [0.15, 0.2) is 0 Å². The zero-order valence-electron chi connectivity index (χ0n) is 18.9. The monoisotopic (exact) mass is 465 g/mol. The number of carbonyl (C=O) groups excluding carboxylic acids is 3. The molecule has 1 aliphatic rings. The van der Waals surface area contributed by atoms with Gasteiger partial charge in [-0.3, -0.25) is 0 Å². The number of rotatable bonds is 9. The molecule has 1 atom stereocenters. The Morgan fingerprint density at radius 3 is 2.19 bits per heavy atom. The van der Waals surface area contributed by atoms with Crippen LogP contribution in [0.15, 0.2) is 46.8 Å². The van der Waals surface area contributed by atoms with Gasteiger partial charge in [-0.15, -0.1) is 0 Å². The van der Waals surface area contributed by atoms with Crippen molar-refractivity contribution in [2.75, 3.05) is 41.1 Å². The predicted molar refractivity (Wildman–Crippen MR) is 118 cm³/mol. The number of allylic oxidation sites excluding steroid dienone is 1. The molecule has 1 aromatic carbocycles. The van der Waals surface area contributed by atoms with Crippen LogP contribution < -0.4 is 0 Å². The summed E-state index contributed by atoms with van der Waals surface area (Å²) in [4.78, 5) is 40.4. The summed E-state index contributed by atoms with van der Waals surface area (Å²) in [7, 11) is 4.01. The summed E-state index contributed by atoms with van der Waals surface area (Å²) < 4.78 is 20.6. The Hall–Kier alpha value is -2.84. The van der Waals surface area contributed by atoms with E-state index in [4.69, 9.17) is 30.5 Å². The highest BCUT2D eigenvalue weighted by Crippen LogP contribution is 2.45. The maximum absolute atomic E-state index is 13.3. The normalized spacial score (nSPS) is 16.2. The summed E-state index contributed by atoms with van der Waals surface area (Å²) in [6.45, 7) is 4.43. The quantitative estimate of drug-likeness (QED) is 0.312. The van der Waals surface area contributed by atoms with Crippen molar-refractivity contribution in [2.45, 2.75) is 26.2 Å². The first-order valence-corrected chi connectivity index (χ1v) is 10.6. The number of hydrogen-bond donors (Lipinski definition) is 0. The molecule has 0 spiro atoms. The number of ether oxygens (including phenoxy) is 4. The Balaban J connectivity index is 2.78. The molecule has 1 aromatic rings. The second-order valence-electron chi connectivity index (χ2n) is 6.81. The lowest BCUT2D eigenvalue weighted by atomic mass is 9.79. The number of esters is 3. The van der Waals surface area contributed by atoms with Gasteiger partial charge < -0.3 is 23.8 Å². The largest absolute Gasteiger partial charge is 0.466 e. The van der Waals surface area contributed by atoms with Crippen LogP contribution in [0, 0.1) is 0 Å². The van der Waals surface area contributed by atoms with Crippen molar-refractivity contribution in [3.63, 3.8) is 0 Å². The molecule has 0 amide bonds. The van der Waals surface area contributed by atoms with Gasteiger partial charge in [0.05, 0.1) is 37.9 Å². The van der Waals surface area contributed by atoms with Crippen molar-refractivity contribution in [1.82, 2.24) is 4.90 Å². The van der Waals surface area contributed by atoms with Crippen LogP contribution in [0.2, 0.25) is 5.02 Å². The van der Waals surface area contributed by atoms with Gasteiger partial charge in [0, 0.05) is 24.4 Å². The van der Waals surface area contributed by atoms with E-state index >= 15 is 0 Å². The molecule has 9 heteroatoms. The van der Waals surface area contributed by atoms with Gasteiger partial charge in [0.25, 0.3) is 0 Å². The summed E-state index contributed by atoms with van der Waals surface area (Å²) in [5, 5.41) is 0.322. The van der Waals surface area contributed by atoms with Gasteiger partial charge in [0.2, 0.25) is 0 Å². The van der Waals surface area contributed by atoms with Crippen LogP contribution in [0.1, 0.15) is 31.7 Å². The third kappa shape index (κ3) is 5.14. The number of halogens is 1. The first-order valence-electron chi connectivity index (χ1n) is 10.2. The van der Waals surface area contributed by atoms with Crippen LogP contribution in [0.3, 0.4) is 0 Å². The number of methoxy groups -OCH3 is 2. The van der Waals surface area contributed by atoms with Crippen LogP contribution in [0.5, 0.6) is 0 Å². The molecule has 0 radical (unpaired) electrons. The third-order valence-corrected chi connectivity index (χ3v) is 5.45. The molecule has 0 aromatic heterocycles. The fourth-order valence-corrected chi connectivity index (χ4v) is 3.96. The Kier molecular flexibility index (Phi) is 9.28. The minimum atomic E-state index is -0.990. The first kappa shape index (κ1) is 25.4. The molecule has 1 heterocycles. The van der Waals surface area contributed by atoms with E-state index in [1.807, 2.05) is 13.8 Å². The van der Waals surface area contributed by atoms with Gasteiger partial charge in [-0.05, 0) is 25.0 Å². The predicted octanol–water partition coefficient (Wildman–Crippen LogP) is 3.21. The number of carbonyl (C=O) groups is 3. The molecular weight excluding hydrogens is 438 g/mol. The summed E-state index contributed by atoms with van der Waals surface area (Å²) in [6.07, 6.45) is 0.377. The topological polar surface area (TPSA) is 91.4 Å². The number of likely N-dealkylation sites (N-methyl/N-ethyl adjacent to an activating group) is 1. The molecular formula is C23H28ClNO7. The molecule has 8 nitrogen and oxygen atoms in total. The highest BCUT2D eigenvalue weighted by molar-refractivity contribution is 6.31. The molecule has 0 saturated carbocycles. The van der Waals surface area contributed by atoms with Crippen molar-refractivity contribution in [1.29, 1.82) is 0 Å². The molecule has 0 bridgehead atoms. The van der Waals surface area contributed by atoms with Gasteiger partial charge >= 0.3 is 17.9 Å². The van der Waals surface area contributed by atoms with Crippen molar-refractivity contribution in [3.05, 3.63) is 57.4 Å². The van der Waals surface area contributed by atoms with E-state index in [0.717, 1.165) is 0 Å². The summed E-state index contributed by atoms with van der Waals surface area (Å²) in [5.41, 5.74) is 1.10. The van der Waals surface area contributed by atoms with Crippen molar-refractivity contribution < 1.29 is 33.3 Å². The summed E-state index contributed by atoms with van der Waals surface area (Å²) in [5.74, 6) is -3.14. The fourth-order valence-electron chi connectivity index (χ4n) is 3.71. The van der Waals surface area contributed by atoms with E-state index < -0.39 is 23.8 Å². The van der Waals surface area contributed by atoms with Crippen LogP contribution in [0.25, 0.3) is 0 Å². The van der Waals surface area contributed by atoms with Crippen molar-refractivity contribution in [3.8, 4) is 0 Å². The summed E-state index contributed by atoms with van der Waals surface area (Å²) >= 11 is 6.48. The molecule has 0 aliphatic carbocycles. The maximum atomic E-state index is 13.3. The van der Waals surface area contributed by atoms with Crippen LogP contribution in [-0.2, 0) is 33.3 Å². The number of hydrogen-bond acceptors (Lipinski definition) is 8. The molecule has 0 fully saturated rings. The van der Waals surface area contributed by atoms with Crippen molar-refractivity contribution in [2.24, 2.45) is 0 Å². The van der Waals surface area contributed by atoms with E-state index in [-0.39, 0.29) is 30.1 Å². The SMILES string of the molecule is CCOCCOC(=O)C1=C(CC)N(C)C(C(=O)OC)=C(C(=O)OC)C1c1ccccc1Cl. The van der Waals surface area contributed by atoms with Crippen LogP contribution in [-0.4, -0.2) is 63.9 Å². The van der Waals surface area contributed by atoms with Gasteiger partial charge in [0.1, 0.15) is 12.3 Å². The second kappa shape index (κ2) is 11.7. The highest BCUT2D eigenvalue weighted by atomic mass is 35.5. The molecule has 2 rings (SSSR count). The summed E-state index contributed by atoms with van der Waals surface area (Å²) in [6, 6.07) is 6.80. The van der Waals surface area contributed by atoms with Gasteiger partial charge in [-0.25, -0.2) is 14.4 Å². The zero-order valence-corrected chi connectivity index (χ0v) is 19.7. The van der Waals surface area contributed by atoms with Gasteiger partial charge in [-0.2, -0.15) is 0 Å². The Morgan fingerprint density at radius 2 is 1.62 bits per heavy atom. The minimum Gasteiger partial charge on any atom is -0.466 e. The lowest BCUT2D eigenvalue weighted by Crippen LogP contribution is -2.38. The minimum absolute atomic E-state index is 0.0213. The number of nitrogens with zero attached hydrogens (tertiary/aromatic N) is 1. The second-order valence-corrected chi connectivity index (χ2v) is 7.21. The van der Waals surface area contributed by atoms with E-state index in [1.54, 1.807) is 31.3 Å². The maximum Gasteiger partial charge on any atom is 0.355 e. The fraction of sp³-hybridized carbons (Fsp3) is 0.435. The van der Waals surface area contributed by atoms with E-state index in [1.165, 1.54) is 19.1 Å². The van der Waals surface area contributed by atoms with Gasteiger partial charge in [-0.1, -0.05) is 36.7 Å². The molecule has 0 saturated heterocycles. The first-order chi connectivity index (χ1) is 15.3. The molecule has 174 valence electrons. The Morgan fingerprint density at radius 1 is 0.969 bits per heavy atom. The van der Waals surface area contributed by atoms with E-state index in [2.05, 4.69) is 0 Å². The standard InChI is InChI=1S/C23H28ClNO7/c1-6-16-18(22(27)32-13-12-31-7-2)17(14-10-8-9-11-15(14)24)19(21(26)29-4)20(25(16)3)23(28)30-5/h8-11,17H,6-7,12-13H2,1-5H3. The van der Waals surface area contributed by atoms with Crippen LogP contribution >= 0.6 is 11.6 Å². The molecule has 0 N–H and O–H groups in total. The van der Waals surface area contributed by atoms with E-state index in [0.29, 0.717) is 29.3 Å². The highest BCUT2D eigenvalue weighted by Gasteiger charge is 2.44. The Labute approximate surface area is 192 Å².